The Kier molecular flexibility index (Phi) is 3.46. The molecule has 0 spiro atoms. The third-order valence-corrected chi connectivity index (χ3v) is 4.94. The van der Waals surface area contributed by atoms with Gasteiger partial charge in [-0.05, 0) is 31.5 Å². The van der Waals surface area contributed by atoms with Crippen LogP contribution >= 0.6 is 23.4 Å². The highest BCUT2D eigenvalue weighted by Crippen LogP contribution is 2.36. The number of fused-ring (bicyclic) bond motifs is 1. The third kappa shape index (κ3) is 2.31. The smallest absolute Gasteiger partial charge is 0.140 e. The molecule has 20 heavy (non-hydrogen) atoms. The van der Waals surface area contributed by atoms with Gasteiger partial charge in [0.15, 0.2) is 0 Å². The van der Waals surface area contributed by atoms with Gasteiger partial charge in [-0.2, -0.15) is 11.8 Å². The number of benzene rings is 1. The largest absolute Gasteiger partial charge is 0.236 e. The summed E-state index contributed by atoms with van der Waals surface area (Å²) in [6.07, 6.45) is 0. The molecule has 0 atom stereocenters. The minimum atomic E-state index is -0.403. The average Bonchev–Trinajstić information content (AvgIpc) is 2.88. The number of aromatic nitrogens is 2. The van der Waals surface area contributed by atoms with Gasteiger partial charge in [-0.3, -0.25) is 0 Å². The van der Waals surface area contributed by atoms with E-state index < -0.39 is 5.41 Å². The minimum absolute atomic E-state index is 0.242. The molecule has 0 unspecified atom stereocenters. The molecule has 0 saturated heterocycles. The second-order valence-corrected chi connectivity index (χ2v) is 6.73. The highest BCUT2D eigenvalue weighted by Gasteiger charge is 2.29. The zero-order valence-electron chi connectivity index (χ0n) is 11.3. The van der Waals surface area contributed by atoms with E-state index in [0.29, 0.717) is 11.0 Å². The van der Waals surface area contributed by atoms with Gasteiger partial charge in [0, 0.05) is 22.5 Å². The topological polar surface area (TPSA) is 25.8 Å². The number of rotatable bonds is 2. The lowest BCUT2D eigenvalue weighted by Crippen LogP contribution is -2.23. The average molecular weight is 309 g/mol. The Morgan fingerprint density at radius 2 is 1.85 bits per heavy atom. The Morgan fingerprint density at radius 3 is 2.55 bits per heavy atom. The quantitative estimate of drug-likeness (QED) is 0.772. The molecule has 104 valence electrons. The number of hydrogen-bond acceptors (Lipinski definition) is 3. The van der Waals surface area contributed by atoms with Crippen molar-refractivity contribution in [3.05, 3.63) is 57.9 Å². The van der Waals surface area contributed by atoms with Gasteiger partial charge in [-0.1, -0.05) is 23.7 Å². The zero-order chi connectivity index (χ0) is 14.3. The first kappa shape index (κ1) is 13.8. The minimum Gasteiger partial charge on any atom is -0.236 e. The maximum atomic E-state index is 13.1. The van der Waals surface area contributed by atoms with Crippen LogP contribution < -0.4 is 0 Å². The Morgan fingerprint density at radius 1 is 1.15 bits per heavy atom. The molecular weight excluding hydrogens is 295 g/mol. The van der Waals surface area contributed by atoms with Crippen LogP contribution in [0.2, 0.25) is 5.15 Å². The van der Waals surface area contributed by atoms with Crippen molar-refractivity contribution in [1.29, 1.82) is 0 Å². The number of hydrogen-bond donors (Lipinski definition) is 0. The Balaban J connectivity index is 2.07. The summed E-state index contributed by atoms with van der Waals surface area (Å²) in [6.45, 7) is 4.06. The van der Waals surface area contributed by atoms with E-state index in [4.69, 9.17) is 11.6 Å². The SMILES string of the molecule is CC(C)(c1ccc(F)cc1)c1nc(Cl)c2c(n1)CSC2. The second-order valence-electron chi connectivity index (χ2n) is 5.39. The van der Waals surface area contributed by atoms with Crippen molar-refractivity contribution in [3.63, 3.8) is 0 Å². The van der Waals surface area contributed by atoms with E-state index in [0.717, 1.165) is 28.3 Å². The summed E-state index contributed by atoms with van der Waals surface area (Å²) in [4.78, 5) is 9.14. The molecule has 1 aromatic carbocycles. The first-order chi connectivity index (χ1) is 9.48. The Labute approximate surface area is 126 Å². The summed E-state index contributed by atoms with van der Waals surface area (Å²) in [5.74, 6) is 2.21. The molecule has 1 aliphatic heterocycles. The first-order valence-corrected chi connectivity index (χ1v) is 7.91. The molecule has 2 aromatic rings. The van der Waals surface area contributed by atoms with Gasteiger partial charge in [-0.25, -0.2) is 14.4 Å². The molecule has 1 aliphatic rings. The second kappa shape index (κ2) is 5.01. The van der Waals surface area contributed by atoms with Crippen LogP contribution in [0.1, 0.15) is 36.5 Å². The molecule has 0 bridgehead atoms. The lowest BCUT2D eigenvalue weighted by Gasteiger charge is -2.24. The molecule has 2 heterocycles. The number of halogens is 2. The molecule has 0 amide bonds. The van der Waals surface area contributed by atoms with Crippen molar-refractivity contribution < 1.29 is 4.39 Å². The van der Waals surface area contributed by atoms with Crippen LogP contribution in [-0.4, -0.2) is 9.97 Å². The van der Waals surface area contributed by atoms with Crippen molar-refractivity contribution >= 4 is 23.4 Å². The third-order valence-electron chi connectivity index (χ3n) is 3.65. The van der Waals surface area contributed by atoms with E-state index >= 15 is 0 Å². The summed E-state index contributed by atoms with van der Waals surface area (Å²) in [5, 5.41) is 0.546. The van der Waals surface area contributed by atoms with E-state index in [1.165, 1.54) is 12.1 Å². The summed E-state index contributed by atoms with van der Waals surface area (Å²) >= 11 is 8.07. The summed E-state index contributed by atoms with van der Waals surface area (Å²) in [6, 6.07) is 6.47. The van der Waals surface area contributed by atoms with Crippen molar-refractivity contribution in [2.24, 2.45) is 0 Å². The number of thioether (sulfide) groups is 1. The van der Waals surface area contributed by atoms with Crippen LogP contribution in [-0.2, 0) is 16.9 Å². The molecule has 2 nitrogen and oxygen atoms in total. The first-order valence-electron chi connectivity index (χ1n) is 6.38. The van der Waals surface area contributed by atoms with Gasteiger partial charge in [0.05, 0.1) is 5.69 Å². The van der Waals surface area contributed by atoms with Crippen LogP contribution in [0.4, 0.5) is 4.39 Å². The fraction of sp³-hybridized carbons (Fsp3) is 0.333. The lowest BCUT2D eigenvalue weighted by molar-refractivity contribution is 0.580. The summed E-state index contributed by atoms with van der Waals surface area (Å²) in [5.41, 5.74) is 2.65. The van der Waals surface area contributed by atoms with Crippen molar-refractivity contribution in [1.82, 2.24) is 9.97 Å². The van der Waals surface area contributed by atoms with Crippen molar-refractivity contribution in [3.8, 4) is 0 Å². The highest BCUT2D eigenvalue weighted by molar-refractivity contribution is 7.98. The van der Waals surface area contributed by atoms with Gasteiger partial charge in [0.2, 0.25) is 0 Å². The highest BCUT2D eigenvalue weighted by atomic mass is 35.5. The maximum absolute atomic E-state index is 13.1. The molecule has 0 saturated carbocycles. The molecule has 0 fully saturated rings. The molecule has 0 N–H and O–H groups in total. The van der Waals surface area contributed by atoms with Crippen molar-refractivity contribution in [2.45, 2.75) is 30.8 Å². The maximum Gasteiger partial charge on any atom is 0.140 e. The number of nitrogens with zero attached hydrogens (tertiary/aromatic N) is 2. The fourth-order valence-electron chi connectivity index (χ4n) is 2.29. The van der Waals surface area contributed by atoms with Crippen molar-refractivity contribution in [2.75, 3.05) is 0 Å². The van der Waals surface area contributed by atoms with E-state index in [9.17, 15) is 4.39 Å². The Hall–Kier alpha value is -1.13. The van der Waals surface area contributed by atoms with Gasteiger partial charge < -0.3 is 0 Å². The molecule has 5 heteroatoms. The zero-order valence-corrected chi connectivity index (χ0v) is 12.9. The van der Waals surface area contributed by atoms with Crippen LogP contribution in [0.15, 0.2) is 24.3 Å². The normalized spacial score (nSPS) is 14.4. The standard InChI is InChI=1S/C15H14ClFN2S/c1-15(2,9-3-5-10(17)6-4-9)14-18-12-8-20-7-11(12)13(16)19-14/h3-6H,7-8H2,1-2H3. The Bertz CT molecular complexity index is 656. The van der Waals surface area contributed by atoms with Gasteiger partial charge in [-0.15, -0.1) is 0 Å². The van der Waals surface area contributed by atoms with Crippen LogP contribution in [0.3, 0.4) is 0 Å². The molecule has 1 aromatic heterocycles. The molecule has 3 rings (SSSR count). The predicted octanol–water partition coefficient (Wildman–Crippen LogP) is 4.34. The predicted molar refractivity (Wildman–Crippen MR) is 80.6 cm³/mol. The van der Waals surface area contributed by atoms with E-state index in [2.05, 4.69) is 9.97 Å². The van der Waals surface area contributed by atoms with E-state index in [1.807, 2.05) is 13.8 Å². The molecular formula is C15H14ClFN2S. The fourth-order valence-corrected chi connectivity index (χ4v) is 3.66. The van der Waals surface area contributed by atoms with E-state index in [-0.39, 0.29) is 5.82 Å². The van der Waals surface area contributed by atoms with Gasteiger partial charge in [0.1, 0.15) is 16.8 Å². The van der Waals surface area contributed by atoms with Gasteiger partial charge >= 0.3 is 0 Å². The lowest BCUT2D eigenvalue weighted by atomic mass is 9.83. The molecule has 0 aliphatic carbocycles. The summed E-state index contributed by atoms with van der Waals surface area (Å²) in [7, 11) is 0. The molecule has 0 radical (unpaired) electrons. The van der Waals surface area contributed by atoms with E-state index in [1.54, 1.807) is 23.9 Å². The monoisotopic (exact) mass is 308 g/mol. The van der Waals surface area contributed by atoms with Crippen LogP contribution in [0.25, 0.3) is 0 Å². The van der Waals surface area contributed by atoms with Gasteiger partial charge in [0.25, 0.3) is 0 Å². The van der Waals surface area contributed by atoms with Crippen LogP contribution in [0.5, 0.6) is 0 Å². The van der Waals surface area contributed by atoms with Crippen LogP contribution in [0, 0.1) is 5.82 Å². The summed E-state index contributed by atoms with van der Waals surface area (Å²) < 4.78 is 13.1.